The second kappa shape index (κ2) is 7.07. The summed E-state index contributed by atoms with van der Waals surface area (Å²) in [5.74, 6) is -0.811. The Morgan fingerprint density at radius 3 is 2.79 bits per heavy atom. The number of phenolic OH excluding ortho intramolecular Hbond substituents is 1. The van der Waals surface area contributed by atoms with Gasteiger partial charge in [-0.2, -0.15) is 0 Å². The molecule has 0 bridgehead atoms. The number of thioether (sulfide) groups is 1. The van der Waals surface area contributed by atoms with Crippen LogP contribution in [0.1, 0.15) is 28.4 Å². The van der Waals surface area contributed by atoms with Gasteiger partial charge in [0.2, 0.25) is 0 Å². The lowest BCUT2D eigenvalue weighted by atomic mass is 10.0. The van der Waals surface area contributed by atoms with E-state index in [0.29, 0.717) is 19.9 Å². The highest BCUT2D eigenvalue weighted by Crippen LogP contribution is 2.43. The average molecular weight is 489 g/mol. The number of nitrogens with one attached hydrogen (secondary N) is 1. The van der Waals surface area contributed by atoms with Crippen LogP contribution in [-0.2, 0) is 11.2 Å². The van der Waals surface area contributed by atoms with Crippen LogP contribution in [0.3, 0.4) is 0 Å². The Bertz CT molecular complexity index is 880. The maximum absolute atomic E-state index is 12.7. The van der Waals surface area contributed by atoms with Gasteiger partial charge in [-0.15, -0.1) is 21.5 Å². The molecule has 2 N–H and O–H groups in total. The molecule has 1 saturated heterocycles. The molecule has 3 rings (SSSR count). The molecule has 1 aromatic carbocycles. The number of benzene rings is 1. The fourth-order valence-corrected chi connectivity index (χ4v) is 5.38. The summed E-state index contributed by atoms with van der Waals surface area (Å²) in [6.07, 6.45) is 2.36. The summed E-state index contributed by atoms with van der Waals surface area (Å²) >= 11 is 9.10. The van der Waals surface area contributed by atoms with E-state index in [1.54, 1.807) is 18.2 Å². The van der Waals surface area contributed by atoms with Crippen LogP contribution in [-0.4, -0.2) is 26.1 Å². The van der Waals surface area contributed by atoms with Crippen LogP contribution in [0.5, 0.6) is 5.75 Å². The number of halogens is 2. The van der Waals surface area contributed by atoms with Crippen molar-refractivity contribution in [3.63, 3.8) is 0 Å². The molecule has 1 fully saturated rings. The van der Waals surface area contributed by atoms with Crippen LogP contribution in [0.4, 0.5) is 0 Å². The lowest BCUT2D eigenvalue weighted by Gasteiger charge is -2.04. The molecular weight excluding hydrogens is 478 g/mol. The monoisotopic (exact) mass is 487 g/mol. The lowest BCUT2D eigenvalue weighted by molar-refractivity contribution is -0.114. The number of ketones is 1. The van der Waals surface area contributed by atoms with E-state index in [-0.39, 0.29) is 16.6 Å². The molecule has 2 aromatic rings. The SMILES string of the molecule is CCc1nnc([C@@H]2C(=N)S/C(=C\c3cc(Br)cc(Br)c3O)C2=O)s1. The normalized spacial score (nSPS) is 19.5. The number of hydrogen-bond donors (Lipinski definition) is 2. The van der Waals surface area contributed by atoms with Crippen molar-refractivity contribution in [3.8, 4) is 5.75 Å². The van der Waals surface area contributed by atoms with Crippen molar-refractivity contribution in [1.29, 1.82) is 5.41 Å². The van der Waals surface area contributed by atoms with Crippen molar-refractivity contribution in [2.45, 2.75) is 19.3 Å². The van der Waals surface area contributed by atoms with E-state index in [1.165, 1.54) is 11.3 Å². The Balaban J connectivity index is 1.97. The number of aromatic hydroxyl groups is 1. The highest BCUT2D eigenvalue weighted by Gasteiger charge is 2.39. The van der Waals surface area contributed by atoms with Crippen LogP contribution >= 0.6 is 55.0 Å². The number of carbonyl (C=O) groups is 1. The summed E-state index contributed by atoms with van der Waals surface area (Å²) in [7, 11) is 0. The highest BCUT2D eigenvalue weighted by atomic mass is 79.9. The quantitative estimate of drug-likeness (QED) is 0.608. The summed E-state index contributed by atoms with van der Waals surface area (Å²) in [6.45, 7) is 1.97. The van der Waals surface area contributed by atoms with Gasteiger partial charge in [-0.1, -0.05) is 34.6 Å². The standard InChI is InChI=1S/C15H11Br2N3O2S2/c1-2-10-19-20-15(24-10)11-13(22)9(23-14(11)18)4-6-3-7(16)5-8(17)12(6)21/h3-5,11,18,21H,2H2,1H3/b9-4-,18-14?/t11-/m0/s1. The van der Waals surface area contributed by atoms with E-state index >= 15 is 0 Å². The first kappa shape index (κ1) is 17.8. The lowest BCUT2D eigenvalue weighted by Crippen LogP contribution is -2.11. The number of carbonyl (C=O) groups excluding carboxylic acids is 1. The Morgan fingerprint density at radius 1 is 1.38 bits per heavy atom. The highest BCUT2D eigenvalue weighted by molar-refractivity contribution is 9.11. The molecule has 24 heavy (non-hydrogen) atoms. The number of allylic oxidation sites excluding steroid dienone is 1. The number of hydrogen-bond acceptors (Lipinski definition) is 7. The van der Waals surface area contributed by atoms with Gasteiger partial charge in [-0.05, 0) is 40.6 Å². The van der Waals surface area contributed by atoms with Gasteiger partial charge in [0.05, 0.1) is 14.4 Å². The molecule has 9 heteroatoms. The van der Waals surface area contributed by atoms with Crippen molar-refractivity contribution in [3.05, 3.63) is 41.6 Å². The number of aryl methyl sites for hydroxylation is 1. The van der Waals surface area contributed by atoms with Crippen LogP contribution in [0.2, 0.25) is 0 Å². The molecule has 0 spiro atoms. The summed E-state index contributed by atoms with van der Waals surface area (Å²) in [5, 5.41) is 28.0. The molecule has 0 aliphatic carbocycles. The first-order chi connectivity index (χ1) is 11.4. The number of rotatable bonds is 3. The molecule has 1 aliphatic rings. The Labute approximate surface area is 163 Å². The number of phenols is 1. The third kappa shape index (κ3) is 3.35. The minimum Gasteiger partial charge on any atom is -0.506 e. The van der Waals surface area contributed by atoms with Crippen molar-refractivity contribution < 1.29 is 9.90 Å². The van der Waals surface area contributed by atoms with E-state index in [2.05, 4.69) is 42.1 Å². The second-order valence-corrected chi connectivity index (χ2v) is 8.93. The minimum atomic E-state index is -0.684. The fraction of sp³-hybridized carbons (Fsp3) is 0.200. The zero-order chi connectivity index (χ0) is 17.4. The van der Waals surface area contributed by atoms with Crippen LogP contribution in [0.15, 0.2) is 26.0 Å². The molecule has 0 radical (unpaired) electrons. The molecule has 0 amide bonds. The van der Waals surface area contributed by atoms with Gasteiger partial charge in [0.15, 0.2) is 5.78 Å². The topological polar surface area (TPSA) is 86.9 Å². The van der Waals surface area contributed by atoms with Gasteiger partial charge in [-0.3, -0.25) is 10.2 Å². The predicted octanol–water partition coefficient (Wildman–Crippen LogP) is 4.75. The van der Waals surface area contributed by atoms with E-state index in [4.69, 9.17) is 5.41 Å². The zero-order valence-corrected chi connectivity index (χ0v) is 17.1. The smallest absolute Gasteiger partial charge is 0.186 e. The molecule has 124 valence electrons. The van der Waals surface area contributed by atoms with Crippen molar-refractivity contribution in [2.75, 3.05) is 0 Å². The van der Waals surface area contributed by atoms with Gasteiger partial charge in [0.25, 0.3) is 0 Å². The zero-order valence-electron chi connectivity index (χ0n) is 12.3. The van der Waals surface area contributed by atoms with Crippen molar-refractivity contribution in [1.82, 2.24) is 10.2 Å². The molecular formula is C15H11Br2N3O2S2. The van der Waals surface area contributed by atoms with Crippen molar-refractivity contribution >= 4 is 71.9 Å². The van der Waals surface area contributed by atoms with E-state index in [0.717, 1.165) is 27.7 Å². The largest absolute Gasteiger partial charge is 0.506 e. The van der Waals surface area contributed by atoms with Crippen LogP contribution < -0.4 is 0 Å². The molecule has 1 aliphatic heterocycles. The molecule has 2 heterocycles. The van der Waals surface area contributed by atoms with Crippen molar-refractivity contribution in [2.24, 2.45) is 0 Å². The molecule has 0 unspecified atom stereocenters. The number of Topliss-reactive ketones (excluding diaryl/α,β-unsaturated/α-hetero) is 1. The molecule has 0 saturated carbocycles. The van der Waals surface area contributed by atoms with Gasteiger partial charge in [-0.25, -0.2) is 0 Å². The Kier molecular flexibility index (Phi) is 5.24. The Hall–Kier alpha value is -1.03. The molecule has 1 aromatic heterocycles. The maximum atomic E-state index is 12.7. The number of nitrogens with zero attached hydrogens (tertiary/aromatic N) is 2. The van der Waals surface area contributed by atoms with Crippen LogP contribution in [0, 0.1) is 5.41 Å². The summed E-state index contributed by atoms with van der Waals surface area (Å²) < 4.78 is 1.31. The van der Waals surface area contributed by atoms with E-state index in [1.807, 2.05) is 6.92 Å². The summed E-state index contributed by atoms with van der Waals surface area (Å²) in [5.41, 5.74) is 0.507. The molecule has 5 nitrogen and oxygen atoms in total. The predicted molar refractivity (Wildman–Crippen MR) is 104 cm³/mol. The summed E-state index contributed by atoms with van der Waals surface area (Å²) in [6, 6.07) is 3.44. The minimum absolute atomic E-state index is 0.0539. The Morgan fingerprint density at radius 2 is 2.12 bits per heavy atom. The third-order valence-corrected chi connectivity index (χ3v) is 6.55. The third-order valence-electron chi connectivity index (χ3n) is 3.36. The number of aromatic nitrogens is 2. The fourth-order valence-electron chi connectivity index (χ4n) is 2.18. The first-order valence-electron chi connectivity index (χ1n) is 6.93. The van der Waals surface area contributed by atoms with E-state index in [9.17, 15) is 9.90 Å². The summed E-state index contributed by atoms with van der Waals surface area (Å²) in [4.78, 5) is 13.1. The van der Waals surface area contributed by atoms with Crippen LogP contribution in [0.25, 0.3) is 6.08 Å². The maximum Gasteiger partial charge on any atom is 0.186 e. The van der Waals surface area contributed by atoms with Gasteiger partial charge in [0.1, 0.15) is 21.7 Å². The second-order valence-electron chi connectivity index (χ2n) is 4.99. The average Bonchev–Trinajstić information content (AvgIpc) is 3.09. The first-order valence-corrected chi connectivity index (χ1v) is 10.1. The van der Waals surface area contributed by atoms with E-state index < -0.39 is 5.92 Å². The van der Waals surface area contributed by atoms with Gasteiger partial charge < -0.3 is 5.11 Å². The van der Waals surface area contributed by atoms with Gasteiger partial charge >= 0.3 is 0 Å². The van der Waals surface area contributed by atoms with Gasteiger partial charge in [0, 0.05) is 10.0 Å². The molecule has 1 atom stereocenters.